The Morgan fingerprint density at radius 1 is 1.53 bits per heavy atom. The molecule has 5 heteroatoms. The van der Waals surface area contributed by atoms with Crippen LogP contribution in [0, 0.1) is 0 Å². The van der Waals surface area contributed by atoms with Gasteiger partial charge in [-0.1, -0.05) is 6.07 Å². The van der Waals surface area contributed by atoms with E-state index in [9.17, 15) is 9.90 Å². The first-order valence-corrected chi connectivity index (χ1v) is 5.44. The number of rotatable bonds is 5. The van der Waals surface area contributed by atoms with Crippen LogP contribution in [0.5, 0.6) is 0 Å². The van der Waals surface area contributed by atoms with Crippen LogP contribution < -0.4 is 10.6 Å². The fraction of sp³-hybridized carbons (Fsp3) is 0.417. The van der Waals surface area contributed by atoms with Gasteiger partial charge in [0.1, 0.15) is 0 Å². The van der Waals surface area contributed by atoms with Gasteiger partial charge in [0, 0.05) is 13.6 Å². The van der Waals surface area contributed by atoms with Gasteiger partial charge in [-0.3, -0.25) is 0 Å². The summed E-state index contributed by atoms with van der Waals surface area (Å²) in [5, 5.41) is 18.3. The van der Waals surface area contributed by atoms with E-state index in [1.807, 2.05) is 0 Å². The minimum absolute atomic E-state index is 0.179. The minimum atomic E-state index is -1.00. The zero-order valence-corrected chi connectivity index (χ0v) is 10.1. The van der Waals surface area contributed by atoms with Crippen LogP contribution in [0.4, 0.5) is 11.4 Å². The monoisotopic (exact) mass is 238 g/mol. The lowest BCUT2D eigenvalue weighted by molar-refractivity contribution is 0.0697. The number of carboxylic acids is 1. The molecule has 1 aromatic rings. The summed E-state index contributed by atoms with van der Waals surface area (Å²) in [5.41, 5.74) is 6.91. The Bertz CT molecular complexity index is 405. The second-order valence-electron chi connectivity index (χ2n) is 4.11. The van der Waals surface area contributed by atoms with E-state index < -0.39 is 12.1 Å². The summed E-state index contributed by atoms with van der Waals surface area (Å²) in [5.74, 6) is -1.00. The van der Waals surface area contributed by atoms with E-state index in [0.29, 0.717) is 24.3 Å². The molecule has 1 aromatic carbocycles. The van der Waals surface area contributed by atoms with Crippen LogP contribution in [0.25, 0.3) is 0 Å². The smallest absolute Gasteiger partial charge is 0.337 e. The first kappa shape index (κ1) is 13.3. The lowest BCUT2D eigenvalue weighted by Crippen LogP contribution is -2.24. The first-order chi connectivity index (χ1) is 7.93. The average molecular weight is 238 g/mol. The zero-order chi connectivity index (χ0) is 13.0. The molecule has 1 rings (SSSR count). The number of para-hydroxylation sites is 1. The number of carbonyl (C=O) groups is 1. The Labute approximate surface area is 100 Å². The average Bonchev–Trinajstić information content (AvgIpc) is 2.25. The second kappa shape index (κ2) is 5.54. The van der Waals surface area contributed by atoms with Gasteiger partial charge in [-0.15, -0.1) is 0 Å². The fourth-order valence-corrected chi connectivity index (χ4v) is 1.65. The SMILES string of the molecule is CC(O)CCN(C)c1c(N)cccc1C(=O)O. The molecular weight excluding hydrogens is 220 g/mol. The molecule has 0 saturated heterocycles. The van der Waals surface area contributed by atoms with Gasteiger partial charge in [-0.25, -0.2) is 4.79 Å². The fourth-order valence-electron chi connectivity index (χ4n) is 1.65. The second-order valence-corrected chi connectivity index (χ2v) is 4.11. The van der Waals surface area contributed by atoms with Crippen molar-refractivity contribution in [1.82, 2.24) is 0 Å². The number of nitrogens with zero attached hydrogens (tertiary/aromatic N) is 1. The van der Waals surface area contributed by atoms with Gasteiger partial charge in [0.05, 0.1) is 23.0 Å². The molecule has 0 aliphatic rings. The highest BCUT2D eigenvalue weighted by Crippen LogP contribution is 2.27. The molecule has 0 saturated carbocycles. The van der Waals surface area contributed by atoms with Gasteiger partial charge in [0.25, 0.3) is 0 Å². The summed E-state index contributed by atoms with van der Waals surface area (Å²) in [7, 11) is 1.76. The van der Waals surface area contributed by atoms with Gasteiger partial charge in [0.15, 0.2) is 0 Å². The molecule has 17 heavy (non-hydrogen) atoms. The largest absolute Gasteiger partial charge is 0.478 e. The van der Waals surface area contributed by atoms with Gasteiger partial charge in [0.2, 0.25) is 0 Å². The summed E-state index contributed by atoms with van der Waals surface area (Å²) >= 11 is 0. The van der Waals surface area contributed by atoms with Crippen LogP contribution >= 0.6 is 0 Å². The Morgan fingerprint density at radius 2 is 2.18 bits per heavy atom. The van der Waals surface area contributed by atoms with Crippen molar-refractivity contribution in [3.05, 3.63) is 23.8 Å². The Hall–Kier alpha value is -1.75. The summed E-state index contributed by atoms with van der Waals surface area (Å²) in [4.78, 5) is 12.8. The van der Waals surface area contributed by atoms with Crippen molar-refractivity contribution in [2.75, 3.05) is 24.2 Å². The lowest BCUT2D eigenvalue weighted by Gasteiger charge is -2.23. The molecule has 94 valence electrons. The van der Waals surface area contributed by atoms with E-state index in [1.54, 1.807) is 31.0 Å². The third kappa shape index (κ3) is 3.35. The number of hydrogen-bond donors (Lipinski definition) is 3. The third-order valence-corrected chi connectivity index (χ3v) is 2.56. The number of carboxylic acid groups (broad SMARTS) is 1. The van der Waals surface area contributed by atoms with Crippen molar-refractivity contribution in [2.45, 2.75) is 19.4 Å². The molecule has 4 N–H and O–H groups in total. The highest BCUT2D eigenvalue weighted by atomic mass is 16.4. The number of hydrogen-bond acceptors (Lipinski definition) is 4. The number of nitrogen functional groups attached to an aromatic ring is 1. The molecule has 0 bridgehead atoms. The Balaban J connectivity index is 2.98. The number of benzene rings is 1. The molecule has 1 atom stereocenters. The molecule has 0 radical (unpaired) electrons. The van der Waals surface area contributed by atoms with E-state index in [4.69, 9.17) is 10.8 Å². The van der Waals surface area contributed by atoms with Gasteiger partial charge in [-0.2, -0.15) is 0 Å². The molecule has 0 aliphatic heterocycles. The number of anilines is 2. The van der Waals surface area contributed by atoms with Crippen LogP contribution in [0.3, 0.4) is 0 Å². The van der Waals surface area contributed by atoms with Crippen LogP contribution in [0.1, 0.15) is 23.7 Å². The number of aliphatic hydroxyl groups excluding tert-OH is 1. The number of aromatic carboxylic acids is 1. The maximum Gasteiger partial charge on any atom is 0.337 e. The number of aliphatic hydroxyl groups is 1. The summed E-state index contributed by atoms with van der Waals surface area (Å²) in [6.07, 6.45) is 0.139. The quantitative estimate of drug-likeness (QED) is 0.670. The maximum absolute atomic E-state index is 11.1. The van der Waals surface area contributed by atoms with Crippen molar-refractivity contribution >= 4 is 17.3 Å². The summed E-state index contributed by atoms with van der Waals surface area (Å²) in [6.45, 7) is 2.24. The molecule has 0 amide bonds. The predicted molar refractivity (Wildman–Crippen MR) is 67.4 cm³/mol. The Morgan fingerprint density at radius 3 is 2.71 bits per heavy atom. The van der Waals surface area contributed by atoms with Crippen LogP contribution in [0.2, 0.25) is 0 Å². The third-order valence-electron chi connectivity index (χ3n) is 2.56. The first-order valence-electron chi connectivity index (χ1n) is 5.44. The standard InChI is InChI=1S/C12H18N2O3/c1-8(15)6-7-14(2)11-9(12(16)17)4-3-5-10(11)13/h3-5,8,15H,6-7,13H2,1-2H3,(H,16,17). The molecule has 0 fully saturated rings. The Kier molecular flexibility index (Phi) is 4.34. The van der Waals surface area contributed by atoms with Crippen molar-refractivity contribution in [2.24, 2.45) is 0 Å². The van der Waals surface area contributed by atoms with Gasteiger partial charge < -0.3 is 20.8 Å². The highest BCUT2D eigenvalue weighted by Gasteiger charge is 2.16. The van der Waals surface area contributed by atoms with E-state index in [2.05, 4.69) is 0 Å². The zero-order valence-electron chi connectivity index (χ0n) is 10.1. The molecular formula is C12H18N2O3. The van der Waals surface area contributed by atoms with Gasteiger partial charge >= 0.3 is 5.97 Å². The topological polar surface area (TPSA) is 86.8 Å². The lowest BCUT2D eigenvalue weighted by atomic mass is 10.1. The van der Waals surface area contributed by atoms with E-state index in [0.717, 1.165) is 0 Å². The minimum Gasteiger partial charge on any atom is -0.478 e. The predicted octanol–water partition coefficient (Wildman–Crippen LogP) is 1.17. The van der Waals surface area contributed by atoms with E-state index >= 15 is 0 Å². The highest BCUT2D eigenvalue weighted by molar-refractivity contribution is 5.97. The van der Waals surface area contributed by atoms with Gasteiger partial charge in [-0.05, 0) is 25.5 Å². The van der Waals surface area contributed by atoms with E-state index in [-0.39, 0.29) is 5.56 Å². The van der Waals surface area contributed by atoms with Crippen molar-refractivity contribution in [1.29, 1.82) is 0 Å². The normalized spacial score (nSPS) is 12.2. The van der Waals surface area contributed by atoms with Crippen molar-refractivity contribution in [3.8, 4) is 0 Å². The van der Waals surface area contributed by atoms with Crippen molar-refractivity contribution < 1.29 is 15.0 Å². The molecule has 0 aromatic heterocycles. The molecule has 5 nitrogen and oxygen atoms in total. The summed E-state index contributed by atoms with van der Waals surface area (Å²) in [6, 6.07) is 4.80. The van der Waals surface area contributed by atoms with Crippen molar-refractivity contribution in [3.63, 3.8) is 0 Å². The number of nitrogens with two attached hydrogens (primary N) is 1. The van der Waals surface area contributed by atoms with Crippen LogP contribution in [0.15, 0.2) is 18.2 Å². The molecule has 0 spiro atoms. The molecule has 0 heterocycles. The molecule has 0 aliphatic carbocycles. The van der Waals surface area contributed by atoms with E-state index in [1.165, 1.54) is 6.07 Å². The summed E-state index contributed by atoms with van der Waals surface area (Å²) < 4.78 is 0. The maximum atomic E-state index is 11.1. The molecule has 1 unspecified atom stereocenters. The van der Waals surface area contributed by atoms with Crippen LogP contribution in [-0.2, 0) is 0 Å². The van der Waals surface area contributed by atoms with Crippen LogP contribution in [-0.4, -0.2) is 35.9 Å².